The van der Waals surface area contributed by atoms with Gasteiger partial charge in [-0.15, -0.1) is 12.4 Å². The molecular weight excluding hydrogens is 261 g/mol. The third-order valence-electron chi connectivity index (χ3n) is 2.65. The highest BCUT2D eigenvalue weighted by Crippen LogP contribution is 2.14. The quantitative estimate of drug-likeness (QED) is 0.861. The van der Waals surface area contributed by atoms with Crippen LogP contribution in [-0.4, -0.2) is 29.7 Å². The molecule has 1 fully saturated rings. The Labute approximate surface area is 113 Å². The van der Waals surface area contributed by atoms with Crippen LogP contribution in [0.1, 0.15) is 18.5 Å². The molecule has 1 aliphatic heterocycles. The van der Waals surface area contributed by atoms with Crippen LogP contribution in [0.15, 0.2) is 6.07 Å². The van der Waals surface area contributed by atoms with Crippen molar-refractivity contribution in [1.29, 1.82) is 0 Å². The molecule has 4 nitrogen and oxygen atoms in total. The van der Waals surface area contributed by atoms with E-state index in [2.05, 4.69) is 15.3 Å². The van der Waals surface area contributed by atoms with Gasteiger partial charge in [-0.1, -0.05) is 11.6 Å². The van der Waals surface area contributed by atoms with Gasteiger partial charge in [0.05, 0.1) is 6.61 Å². The number of rotatable bonds is 3. The zero-order valence-corrected chi connectivity index (χ0v) is 11.4. The van der Waals surface area contributed by atoms with E-state index in [1.807, 2.05) is 6.92 Å². The summed E-state index contributed by atoms with van der Waals surface area (Å²) < 4.78 is 5.56. The lowest BCUT2D eigenvalue weighted by molar-refractivity contribution is 0.205. The molecule has 1 aromatic heterocycles. The number of hydrogen-bond acceptors (Lipinski definition) is 4. The highest BCUT2D eigenvalue weighted by atomic mass is 35.5. The van der Waals surface area contributed by atoms with E-state index in [0.717, 1.165) is 18.8 Å². The monoisotopic (exact) mass is 277 g/mol. The zero-order chi connectivity index (χ0) is 11.4. The Morgan fingerprint density at radius 1 is 1.53 bits per heavy atom. The molecular formula is C11H17Cl2N3O. The van der Waals surface area contributed by atoms with Crippen LogP contribution in [-0.2, 0) is 0 Å². The minimum Gasteiger partial charge on any atom is -0.463 e. The largest absolute Gasteiger partial charge is 0.463 e. The van der Waals surface area contributed by atoms with Gasteiger partial charge in [-0.3, -0.25) is 0 Å². The SMILES string of the molecule is Cc1cc(Cl)nc(OCC2CCCNC2)n1.Cl. The molecule has 0 bridgehead atoms. The van der Waals surface area contributed by atoms with Crippen LogP contribution >= 0.6 is 24.0 Å². The molecule has 6 heteroatoms. The number of aromatic nitrogens is 2. The third-order valence-corrected chi connectivity index (χ3v) is 2.84. The first-order chi connectivity index (χ1) is 7.74. The summed E-state index contributed by atoms with van der Waals surface area (Å²) in [4.78, 5) is 8.21. The van der Waals surface area contributed by atoms with Gasteiger partial charge in [0.1, 0.15) is 5.15 Å². The normalized spacial score (nSPS) is 19.5. The van der Waals surface area contributed by atoms with Gasteiger partial charge >= 0.3 is 6.01 Å². The smallest absolute Gasteiger partial charge is 0.318 e. The molecule has 2 rings (SSSR count). The van der Waals surface area contributed by atoms with Crippen molar-refractivity contribution in [2.24, 2.45) is 5.92 Å². The minimum atomic E-state index is 0. The van der Waals surface area contributed by atoms with Crippen molar-refractivity contribution < 1.29 is 4.74 Å². The van der Waals surface area contributed by atoms with Crippen LogP contribution in [0.2, 0.25) is 5.15 Å². The van der Waals surface area contributed by atoms with Crippen LogP contribution in [0.4, 0.5) is 0 Å². The van der Waals surface area contributed by atoms with Crippen LogP contribution in [0, 0.1) is 12.8 Å². The Hall–Kier alpha value is -0.580. The lowest BCUT2D eigenvalue weighted by atomic mass is 10.0. The maximum absolute atomic E-state index is 5.83. The number of halogens is 2. The molecule has 96 valence electrons. The lowest BCUT2D eigenvalue weighted by Crippen LogP contribution is -2.33. The number of piperidine rings is 1. The second-order valence-electron chi connectivity index (χ2n) is 4.14. The predicted octanol–water partition coefficient (Wildman–Crippen LogP) is 2.24. The summed E-state index contributed by atoms with van der Waals surface area (Å²) >= 11 is 5.83. The summed E-state index contributed by atoms with van der Waals surface area (Å²) in [5.74, 6) is 0.552. The zero-order valence-electron chi connectivity index (χ0n) is 9.78. The number of aryl methyl sites for hydroxylation is 1. The molecule has 0 aliphatic carbocycles. The summed E-state index contributed by atoms with van der Waals surface area (Å²) in [5, 5.41) is 3.78. The van der Waals surface area contributed by atoms with Crippen LogP contribution in [0.25, 0.3) is 0 Å². The molecule has 1 aromatic rings. The van der Waals surface area contributed by atoms with Crippen LogP contribution in [0.3, 0.4) is 0 Å². The van der Waals surface area contributed by atoms with Crippen molar-refractivity contribution in [1.82, 2.24) is 15.3 Å². The first-order valence-electron chi connectivity index (χ1n) is 5.59. The Kier molecular flexibility index (Phi) is 5.95. The first-order valence-corrected chi connectivity index (χ1v) is 5.96. The lowest BCUT2D eigenvalue weighted by Gasteiger charge is -2.22. The maximum Gasteiger partial charge on any atom is 0.318 e. The number of nitrogens with zero attached hydrogens (tertiary/aromatic N) is 2. The van der Waals surface area contributed by atoms with E-state index in [1.165, 1.54) is 12.8 Å². The topological polar surface area (TPSA) is 47.0 Å². The van der Waals surface area contributed by atoms with E-state index in [-0.39, 0.29) is 12.4 Å². The fourth-order valence-corrected chi connectivity index (χ4v) is 2.06. The van der Waals surface area contributed by atoms with Crippen LogP contribution in [0.5, 0.6) is 6.01 Å². The second kappa shape index (κ2) is 6.99. The Morgan fingerprint density at radius 2 is 2.35 bits per heavy atom. The molecule has 0 aromatic carbocycles. The van der Waals surface area contributed by atoms with Crippen molar-refractivity contribution in [3.05, 3.63) is 16.9 Å². The first kappa shape index (κ1) is 14.5. The predicted molar refractivity (Wildman–Crippen MR) is 70.1 cm³/mol. The molecule has 2 heterocycles. The fourth-order valence-electron chi connectivity index (χ4n) is 1.83. The van der Waals surface area contributed by atoms with Gasteiger partial charge in [-0.05, 0) is 32.4 Å². The van der Waals surface area contributed by atoms with Gasteiger partial charge in [0.15, 0.2) is 0 Å². The summed E-state index contributed by atoms with van der Waals surface area (Å²) in [7, 11) is 0. The van der Waals surface area contributed by atoms with Crippen molar-refractivity contribution >= 4 is 24.0 Å². The van der Waals surface area contributed by atoms with Gasteiger partial charge in [0.2, 0.25) is 0 Å². The number of ether oxygens (including phenoxy) is 1. The number of nitrogens with one attached hydrogen (secondary N) is 1. The van der Waals surface area contributed by atoms with Crippen LogP contribution < -0.4 is 10.1 Å². The third kappa shape index (κ3) is 4.66. The fraction of sp³-hybridized carbons (Fsp3) is 0.636. The number of hydrogen-bond donors (Lipinski definition) is 1. The Morgan fingerprint density at radius 3 is 3.00 bits per heavy atom. The summed E-state index contributed by atoms with van der Waals surface area (Å²) in [5.41, 5.74) is 0.830. The Balaban J connectivity index is 0.00000144. The summed E-state index contributed by atoms with van der Waals surface area (Å²) in [6, 6.07) is 2.10. The average Bonchev–Trinajstić information content (AvgIpc) is 2.27. The van der Waals surface area contributed by atoms with Crippen molar-refractivity contribution in [3.63, 3.8) is 0 Å². The minimum absolute atomic E-state index is 0. The average molecular weight is 278 g/mol. The van der Waals surface area contributed by atoms with E-state index in [4.69, 9.17) is 16.3 Å². The molecule has 0 amide bonds. The van der Waals surface area contributed by atoms with Gasteiger partial charge in [-0.25, -0.2) is 4.98 Å². The summed E-state index contributed by atoms with van der Waals surface area (Å²) in [6.45, 7) is 4.66. The second-order valence-corrected chi connectivity index (χ2v) is 4.53. The van der Waals surface area contributed by atoms with E-state index < -0.39 is 0 Å². The van der Waals surface area contributed by atoms with E-state index in [0.29, 0.717) is 23.7 Å². The van der Waals surface area contributed by atoms with E-state index in [1.54, 1.807) is 6.07 Å². The highest BCUT2D eigenvalue weighted by Gasteiger charge is 2.14. The molecule has 17 heavy (non-hydrogen) atoms. The molecule has 1 aliphatic rings. The molecule has 0 radical (unpaired) electrons. The standard InChI is InChI=1S/C11H16ClN3O.ClH/c1-8-5-10(12)15-11(14-8)16-7-9-3-2-4-13-6-9;/h5,9,13H,2-4,6-7H2,1H3;1H. The molecule has 1 unspecified atom stereocenters. The molecule has 1 atom stereocenters. The van der Waals surface area contributed by atoms with Gasteiger partial charge in [0.25, 0.3) is 0 Å². The van der Waals surface area contributed by atoms with Gasteiger partial charge in [-0.2, -0.15) is 4.98 Å². The van der Waals surface area contributed by atoms with E-state index in [9.17, 15) is 0 Å². The van der Waals surface area contributed by atoms with Gasteiger partial charge < -0.3 is 10.1 Å². The highest BCUT2D eigenvalue weighted by molar-refractivity contribution is 6.29. The van der Waals surface area contributed by atoms with Crippen molar-refractivity contribution in [2.75, 3.05) is 19.7 Å². The molecule has 0 saturated carbocycles. The van der Waals surface area contributed by atoms with E-state index >= 15 is 0 Å². The Bertz CT molecular complexity index is 336. The van der Waals surface area contributed by atoms with Crippen molar-refractivity contribution in [2.45, 2.75) is 19.8 Å². The molecule has 1 N–H and O–H groups in total. The summed E-state index contributed by atoms with van der Waals surface area (Å²) in [6.07, 6.45) is 2.41. The maximum atomic E-state index is 5.83. The van der Waals surface area contributed by atoms with Crippen molar-refractivity contribution in [3.8, 4) is 6.01 Å². The molecule has 1 saturated heterocycles. The van der Waals surface area contributed by atoms with Gasteiger partial charge in [0, 0.05) is 18.2 Å². The molecule has 0 spiro atoms.